The van der Waals surface area contributed by atoms with Crippen LogP contribution in [-0.4, -0.2) is 16.5 Å². The van der Waals surface area contributed by atoms with Crippen molar-refractivity contribution >= 4 is 27.6 Å². The third-order valence-corrected chi connectivity index (χ3v) is 5.99. The zero-order chi connectivity index (χ0) is 18.9. The van der Waals surface area contributed by atoms with E-state index >= 15 is 0 Å². The van der Waals surface area contributed by atoms with Gasteiger partial charge in [-0.05, 0) is 48.1 Å². The Morgan fingerprint density at radius 2 is 1.86 bits per heavy atom. The third-order valence-electron chi connectivity index (χ3n) is 5.49. The fraction of sp³-hybridized carbons (Fsp3) is 0.304. The molecule has 1 aromatic heterocycles. The van der Waals surface area contributed by atoms with E-state index in [9.17, 15) is 0 Å². The van der Waals surface area contributed by atoms with Gasteiger partial charge in [0.25, 0.3) is 0 Å². The molecule has 0 saturated heterocycles. The summed E-state index contributed by atoms with van der Waals surface area (Å²) < 4.78 is 1.16. The maximum absolute atomic E-state index is 4.93. The number of fused-ring (bicyclic) bond motifs is 1. The second-order valence-corrected chi connectivity index (χ2v) is 8.58. The fourth-order valence-corrected chi connectivity index (χ4v) is 4.14. The average molecular weight is 435 g/mol. The number of nitrogens with zero attached hydrogens (tertiary/aromatic N) is 3. The van der Waals surface area contributed by atoms with Gasteiger partial charge in [0, 0.05) is 36.1 Å². The van der Waals surface area contributed by atoms with Crippen LogP contribution in [0.5, 0.6) is 0 Å². The molecule has 0 spiro atoms. The number of hydrogen-bond donors (Lipinski definition) is 1. The van der Waals surface area contributed by atoms with E-state index in [0.717, 1.165) is 48.0 Å². The lowest BCUT2D eigenvalue weighted by molar-refractivity contribution is 0.713. The molecule has 5 heteroatoms. The van der Waals surface area contributed by atoms with Gasteiger partial charge in [0.2, 0.25) is 0 Å². The van der Waals surface area contributed by atoms with Gasteiger partial charge in [-0.25, -0.2) is 9.97 Å². The summed E-state index contributed by atoms with van der Waals surface area (Å²) in [5.41, 5.74) is 4.08. The number of hydrogen-bond acceptors (Lipinski definition) is 4. The van der Waals surface area contributed by atoms with E-state index in [2.05, 4.69) is 74.7 Å². The Morgan fingerprint density at radius 3 is 2.68 bits per heavy atom. The smallest absolute Gasteiger partial charge is 0.136 e. The summed E-state index contributed by atoms with van der Waals surface area (Å²) in [4.78, 5) is 12.1. The van der Waals surface area contributed by atoms with Gasteiger partial charge in [0.05, 0.1) is 0 Å². The highest BCUT2D eigenvalue weighted by molar-refractivity contribution is 9.10. The average Bonchev–Trinajstić information content (AvgIpc) is 3.58. The maximum atomic E-state index is 4.93. The van der Waals surface area contributed by atoms with Crippen LogP contribution in [0.25, 0.3) is 0 Å². The minimum atomic E-state index is 0.533. The Morgan fingerprint density at radius 1 is 1.00 bits per heavy atom. The van der Waals surface area contributed by atoms with Gasteiger partial charge in [0.15, 0.2) is 0 Å². The lowest BCUT2D eigenvalue weighted by Gasteiger charge is -2.30. The fourth-order valence-electron chi connectivity index (χ4n) is 3.73. The largest absolute Gasteiger partial charge is 0.366 e. The van der Waals surface area contributed by atoms with Crippen molar-refractivity contribution < 1.29 is 0 Å². The molecule has 1 aliphatic carbocycles. The van der Waals surface area contributed by atoms with Crippen molar-refractivity contribution in [3.05, 3.63) is 81.6 Å². The number of anilines is 2. The Hall–Kier alpha value is -2.40. The van der Waals surface area contributed by atoms with Gasteiger partial charge in [0.1, 0.15) is 17.5 Å². The number of aromatic nitrogens is 2. The number of rotatable bonds is 5. The van der Waals surface area contributed by atoms with Crippen molar-refractivity contribution in [3.8, 4) is 0 Å². The Bertz CT molecular complexity index is 985. The minimum absolute atomic E-state index is 0.533. The molecule has 1 saturated carbocycles. The Balaban J connectivity index is 1.39. The van der Waals surface area contributed by atoms with Crippen LogP contribution in [0.3, 0.4) is 0 Å². The van der Waals surface area contributed by atoms with Crippen molar-refractivity contribution in [2.24, 2.45) is 0 Å². The van der Waals surface area contributed by atoms with Crippen molar-refractivity contribution in [1.82, 2.24) is 9.97 Å². The van der Waals surface area contributed by atoms with Gasteiger partial charge in [-0.15, -0.1) is 0 Å². The summed E-state index contributed by atoms with van der Waals surface area (Å²) in [5, 5.41) is 3.51. The summed E-state index contributed by atoms with van der Waals surface area (Å²) in [7, 11) is 0. The van der Waals surface area contributed by atoms with E-state index in [4.69, 9.17) is 9.97 Å². The molecule has 2 aromatic carbocycles. The second-order valence-electron chi connectivity index (χ2n) is 7.67. The minimum Gasteiger partial charge on any atom is -0.366 e. The molecule has 0 bridgehead atoms. The zero-order valence-corrected chi connectivity index (χ0v) is 17.3. The first-order valence-electron chi connectivity index (χ1n) is 9.93. The Kier molecular flexibility index (Phi) is 4.77. The monoisotopic (exact) mass is 434 g/mol. The lowest BCUT2D eigenvalue weighted by Crippen LogP contribution is -2.31. The molecule has 4 nitrogen and oxygen atoms in total. The van der Waals surface area contributed by atoms with E-state index < -0.39 is 0 Å². The first-order valence-corrected chi connectivity index (χ1v) is 10.7. The molecule has 0 unspecified atom stereocenters. The molecule has 2 heterocycles. The molecule has 0 radical (unpaired) electrons. The van der Waals surface area contributed by atoms with E-state index in [1.54, 1.807) is 0 Å². The van der Waals surface area contributed by atoms with Gasteiger partial charge >= 0.3 is 0 Å². The van der Waals surface area contributed by atoms with E-state index in [-0.39, 0.29) is 0 Å². The maximum Gasteiger partial charge on any atom is 0.136 e. The number of benzene rings is 2. The molecular weight excluding hydrogens is 412 g/mol. The van der Waals surface area contributed by atoms with Crippen molar-refractivity contribution in [2.75, 3.05) is 16.8 Å². The molecule has 142 valence electrons. The molecule has 28 heavy (non-hydrogen) atoms. The predicted molar refractivity (Wildman–Crippen MR) is 117 cm³/mol. The topological polar surface area (TPSA) is 41.0 Å². The van der Waals surface area contributed by atoms with E-state index in [1.165, 1.54) is 29.5 Å². The predicted octanol–water partition coefficient (Wildman–Crippen LogP) is 5.29. The van der Waals surface area contributed by atoms with Crippen LogP contribution in [0.4, 0.5) is 11.6 Å². The van der Waals surface area contributed by atoms with Gasteiger partial charge in [-0.2, -0.15) is 0 Å². The number of nitrogens with one attached hydrogen (secondary N) is 1. The standard InChI is InChI=1S/C23H23BrN4/c24-20-9-8-19-15-28(11-10-18(19)12-20)22-13-21(26-23(27-22)17-6-7-17)25-14-16-4-2-1-3-5-16/h1-5,8-9,12-13,17H,6-7,10-11,14-15H2,(H,25,26,27). The SMILES string of the molecule is Brc1ccc2c(c1)CCN(c1cc(NCc3ccccc3)nc(C3CC3)n1)C2. The second kappa shape index (κ2) is 7.55. The summed E-state index contributed by atoms with van der Waals surface area (Å²) in [5.74, 6) is 3.50. The highest BCUT2D eigenvalue weighted by Crippen LogP contribution is 2.39. The van der Waals surface area contributed by atoms with Gasteiger partial charge in [-0.1, -0.05) is 52.3 Å². The van der Waals surface area contributed by atoms with Crippen LogP contribution in [0, 0.1) is 0 Å². The van der Waals surface area contributed by atoms with Crippen LogP contribution >= 0.6 is 15.9 Å². The number of halogens is 1. The van der Waals surface area contributed by atoms with Crippen LogP contribution < -0.4 is 10.2 Å². The highest BCUT2D eigenvalue weighted by atomic mass is 79.9. The molecule has 1 aliphatic heterocycles. The zero-order valence-electron chi connectivity index (χ0n) is 15.7. The van der Waals surface area contributed by atoms with Crippen LogP contribution in [-0.2, 0) is 19.5 Å². The first-order chi connectivity index (χ1) is 13.7. The first kappa shape index (κ1) is 17.7. The highest BCUT2D eigenvalue weighted by Gasteiger charge is 2.28. The summed E-state index contributed by atoms with van der Waals surface area (Å²) in [6, 6.07) is 19.2. The molecule has 1 N–H and O–H groups in total. The molecule has 0 atom stereocenters. The molecular formula is C23H23BrN4. The van der Waals surface area contributed by atoms with E-state index in [1.807, 2.05) is 6.07 Å². The summed E-state index contributed by atoms with van der Waals surface area (Å²) >= 11 is 3.59. The third kappa shape index (κ3) is 3.90. The molecule has 5 rings (SSSR count). The van der Waals surface area contributed by atoms with Crippen molar-refractivity contribution in [2.45, 2.75) is 38.3 Å². The van der Waals surface area contributed by atoms with Crippen molar-refractivity contribution in [3.63, 3.8) is 0 Å². The van der Waals surface area contributed by atoms with Crippen LogP contribution in [0.15, 0.2) is 59.1 Å². The van der Waals surface area contributed by atoms with Crippen molar-refractivity contribution in [1.29, 1.82) is 0 Å². The van der Waals surface area contributed by atoms with E-state index in [0.29, 0.717) is 5.92 Å². The summed E-state index contributed by atoms with van der Waals surface area (Å²) in [6.07, 6.45) is 3.46. The van der Waals surface area contributed by atoms with Gasteiger partial charge < -0.3 is 10.2 Å². The molecule has 0 amide bonds. The Labute approximate surface area is 174 Å². The molecule has 2 aliphatic rings. The lowest BCUT2D eigenvalue weighted by atomic mass is 10.00. The van der Waals surface area contributed by atoms with Crippen LogP contribution in [0.1, 0.15) is 41.3 Å². The summed E-state index contributed by atoms with van der Waals surface area (Å²) in [6.45, 7) is 2.67. The molecule has 1 fully saturated rings. The molecule has 3 aromatic rings. The van der Waals surface area contributed by atoms with Gasteiger partial charge in [-0.3, -0.25) is 0 Å². The quantitative estimate of drug-likeness (QED) is 0.591. The van der Waals surface area contributed by atoms with Crippen LogP contribution in [0.2, 0.25) is 0 Å². The normalized spacial score (nSPS) is 16.0.